The number of nitrogens with one attached hydrogen (secondary N) is 1. The summed E-state index contributed by atoms with van der Waals surface area (Å²) in [5.41, 5.74) is 4.78. The van der Waals surface area contributed by atoms with Crippen LogP contribution in [0, 0.1) is 19.8 Å². The third kappa shape index (κ3) is 6.91. The van der Waals surface area contributed by atoms with Gasteiger partial charge >= 0.3 is 5.69 Å². The summed E-state index contributed by atoms with van der Waals surface area (Å²) in [5.74, 6) is -0.0421. The molecule has 2 aromatic heterocycles. The number of amides is 2. The van der Waals surface area contributed by atoms with E-state index in [9.17, 15) is 19.2 Å². The molecule has 2 aromatic carbocycles. The summed E-state index contributed by atoms with van der Waals surface area (Å²) >= 11 is 0. The maximum atomic E-state index is 14.2. The monoisotopic (exact) mass is 682 g/mol. The molecule has 264 valence electrons. The summed E-state index contributed by atoms with van der Waals surface area (Å²) < 4.78 is 12.6. The van der Waals surface area contributed by atoms with E-state index < -0.39 is 5.92 Å². The largest absolute Gasteiger partial charge is 0.428 e. The van der Waals surface area contributed by atoms with Crippen molar-refractivity contribution >= 4 is 40.2 Å². The second-order valence-corrected chi connectivity index (χ2v) is 14.0. The van der Waals surface area contributed by atoms with Crippen LogP contribution >= 0.6 is 0 Å². The van der Waals surface area contributed by atoms with Gasteiger partial charge in [0.05, 0.1) is 28.7 Å². The summed E-state index contributed by atoms with van der Waals surface area (Å²) in [6.45, 7) is 9.69. The predicted molar refractivity (Wildman–Crippen MR) is 189 cm³/mol. The Bertz CT molecular complexity index is 1910. The van der Waals surface area contributed by atoms with Crippen molar-refractivity contribution in [2.24, 2.45) is 5.92 Å². The molecule has 3 aliphatic rings. The molecular weight excluding hydrogens is 636 g/mol. The summed E-state index contributed by atoms with van der Waals surface area (Å²) in [6.07, 6.45) is 5.59. The van der Waals surface area contributed by atoms with E-state index in [4.69, 9.17) is 9.47 Å². The van der Waals surface area contributed by atoms with Gasteiger partial charge in [0.1, 0.15) is 5.75 Å². The molecule has 0 aliphatic carbocycles. The lowest BCUT2D eigenvalue weighted by molar-refractivity contribution is -0.143. The van der Waals surface area contributed by atoms with Crippen LogP contribution < -0.4 is 10.4 Å². The second-order valence-electron chi connectivity index (χ2n) is 14.0. The fourth-order valence-corrected chi connectivity index (χ4v) is 8.34. The molecule has 1 atom stereocenters. The topological polar surface area (TPSA) is 130 Å². The lowest BCUT2D eigenvalue weighted by Gasteiger charge is -2.41. The summed E-state index contributed by atoms with van der Waals surface area (Å²) in [6, 6.07) is 12.1. The van der Waals surface area contributed by atoms with Crippen molar-refractivity contribution in [3.63, 3.8) is 0 Å². The highest BCUT2D eigenvalue weighted by Crippen LogP contribution is 2.30. The minimum Gasteiger partial charge on any atom is -0.428 e. The van der Waals surface area contributed by atoms with E-state index in [1.54, 1.807) is 10.8 Å². The van der Waals surface area contributed by atoms with Crippen molar-refractivity contribution in [2.45, 2.75) is 64.5 Å². The Morgan fingerprint density at radius 1 is 0.960 bits per heavy atom. The van der Waals surface area contributed by atoms with Gasteiger partial charge in [-0.2, -0.15) is 0 Å². The minimum absolute atomic E-state index is 0.00783. The molecule has 12 heteroatoms. The van der Waals surface area contributed by atoms with Gasteiger partial charge in [0, 0.05) is 76.4 Å². The van der Waals surface area contributed by atoms with Gasteiger partial charge in [-0.15, -0.1) is 0 Å². The first kappa shape index (κ1) is 33.9. The van der Waals surface area contributed by atoms with Crippen LogP contribution in [0.5, 0.6) is 5.75 Å². The van der Waals surface area contributed by atoms with Crippen LogP contribution in [0.25, 0.3) is 21.9 Å². The zero-order chi connectivity index (χ0) is 34.8. The highest BCUT2D eigenvalue weighted by molar-refractivity contribution is 6.01. The molecule has 7 rings (SSSR count). The van der Waals surface area contributed by atoms with Crippen molar-refractivity contribution in [2.75, 3.05) is 52.5 Å². The first-order valence-electron chi connectivity index (χ1n) is 17.9. The van der Waals surface area contributed by atoms with E-state index in [1.165, 1.54) is 0 Å². The van der Waals surface area contributed by atoms with Gasteiger partial charge in [0.15, 0.2) is 0 Å². The van der Waals surface area contributed by atoms with Crippen LogP contribution in [0.1, 0.15) is 54.8 Å². The van der Waals surface area contributed by atoms with E-state index in [0.29, 0.717) is 63.7 Å². The number of fused-ring (bicyclic) bond motifs is 3. The Kier molecular flexibility index (Phi) is 10.0. The van der Waals surface area contributed by atoms with Crippen LogP contribution in [0.3, 0.4) is 0 Å². The van der Waals surface area contributed by atoms with Crippen molar-refractivity contribution in [3.8, 4) is 5.75 Å². The first-order valence-corrected chi connectivity index (χ1v) is 17.9. The van der Waals surface area contributed by atoms with Crippen LogP contribution in [0.2, 0.25) is 0 Å². The van der Waals surface area contributed by atoms with E-state index >= 15 is 0 Å². The normalized spacial score (nSPS) is 18.8. The Balaban J connectivity index is 1.05. The average Bonchev–Trinajstić information content (AvgIpc) is 3.49. The number of aromatic amines is 1. The van der Waals surface area contributed by atoms with Crippen molar-refractivity contribution in [1.29, 1.82) is 0 Å². The van der Waals surface area contributed by atoms with E-state index in [2.05, 4.69) is 14.9 Å². The molecule has 12 nitrogen and oxygen atoms in total. The number of hydrogen-bond acceptors (Lipinski definition) is 8. The number of aromatic nitrogens is 3. The number of imidazole rings is 1. The summed E-state index contributed by atoms with van der Waals surface area (Å²) in [4.78, 5) is 66.3. The number of carbonyl (C=O) groups excluding carboxylic acids is 3. The van der Waals surface area contributed by atoms with Crippen molar-refractivity contribution in [3.05, 3.63) is 69.8 Å². The number of nitrogens with zero attached hydrogens (tertiary/aromatic N) is 5. The van der Waals surface area contributed by atoms with E-state index in [1.807, 2.05) is 60.0 Å². The maximum Gasteiger partial charge on any atom is 0.326 e. The molecule has 5 heterocycles. The summed E-state index contributed by atoms with van der Waals surface area (Å²) in [7, 11) is 0. The molecule has 4 aromatic rings. The van der Waals surface area contributed by atoms with E-state index in [0.717, 1.165) is 77.8 Å². The average molecular weight is 683 g/mol. The Morgan fingerprint density at radius 2 is 1.66 bits per heavy atom. The van der Waals surface area contributed by atoms with Crippen LogP contribution in [-0.4, -0.2) is 106 Å². The number of aryl methyl sites for hydroxylation is 2. The number of piperidine rings is 1. The number of carbonyl (C=O) groups is 3. The Morgan fingerprint density at radius 3 is 2.36 bits per heavy atom. The van der Waals surface area contributed by atoms with Gasteiger partial charge in [-0.3, -0.25) is 28.8 Å². The van der Waals surface area contributed by atoms with Gasteiger partial charge in [0.2, 0.25) is 11.8 Å². The van der Waals surface area contributed by atoms with Crippen molar-refractivity contribution < 1.29 is 23.9 Å². The van der Waals surface area contributed by atoms with Gasteiger partial charge in [-0.1, -0.05) is 30.3 Å². The van der Waals surface area contributed by atoms with Gasteiger partial charge < -0.3 is 24.3 Å². The minimum atomic E-state index is -0.526. The molecule has 0 bridgehead atoms. The summed E-state index contributed by atoms with van der Waals surface area (Å²) in [5, 5.41) is 0.908. The quantitative estimate of drug-likeness (QED) is 0.264. The molecule has 1 N–H and O–H groups in total. The predicted octanol–water partition coefficient (Wildman–Crippen LogP) is 3.77. The number of para-hydroxylation sites is 1. The fourth-order valence-electron chi connectivity index (χ4n) is 8.34. The molecule has 3 saturated heterocycles. The van der Waals surface area contributed by atoms with Gasteiger partial charge in [0.25, 0.3) is 6.47 Å². The third-order valence-electron chi connectivity index (χ3n) is 10.9. The highest BCUT2D eigenvalue weighted by atomic mass is 16.5. The molecule has 2 amide bonds. The lowest BCUT2D eigenvalue weighted by atomic mass is 9.91. The number of pyridine rings is 1. The number of likely N-dealkylation sites (tertiary alicyclic amines) is 1. The molecule has 0 radical (unpaired) electrons. The second kappa shape index (κ2) is 14.7. The first-order chi connectivity index (χ1) is 24.3. The molecule has 0 unspecified atom stereocenters. The number of benzene rings is 2. The number of rotatable bonds is 9. The Hall–Kier alpha value is -4.55. The molecule has 0 saturated carbocycles. The third-order valence-corrected chi connectivity index (χ3v) is 10.9. The molecule has 3 fully saturated rings. The zero-order valence-electron chi connectivity index (χ0n) is 28.9. The fraction of sp³-hybridized carbons (Fsp3) is 0.500. The zero-order valence-corrected chi connectivity index (χ0v) is 28.9. The van der Waals surface area contributed by atoms with E-state index in [-0.39, 0.29) is 30.0 Å². The number of H-pyrrole nitrogens is 1. The molecule has 50 heavy (non-hydrogen) atoms. The SMILES string of the molecule is Cc1cc(C[C@@H](CC(=O)N2CCC(n3c(=O)[nH]c4c5ccccc5ncc43)CC2)C(=O)N2CCN(C3CCOCC3)CC2)cc(C)c1OC=O. The smallest absolute Gasteiger partial charge is 0.326 e. The Labute approximate surface area is 291 Å². The van der Waals surface area contributed by atoms with Crippen LogP contribution in [-0.2, 0) is 25.5 Å². The van der Waals surface area contributed by atoms with Crippen LogP contribution in [0.15, 0.2) is 47.4 Å². The molecular formula is C38H46N6O6. The number of piperazine rings is 1. The molecule has 3 aliphatic heterocycles. The van der Waals surface area contributed by atoms with Crippen LogP contribution in [0.4, 0.5) is 0 Å². The van der Waals surface area contributed by atoms with Crippen molar-refractivity contribution in [1.82, 2.24) is 29.2 Å². The van der Waals surface area contributed by atoms with Gasteiger partial charge in [-0.25, -0.2) is 4.79 Å². The highest BCUT2D eigenvalue weighted by Gasteiger charge is 2.34. The number of hydrogen-bond donors (Lipinski definition) is 1. The lowest BCUT2D eigenvalue weighted by Crippen LogP contribution is -2.54. The maximum absolute atomic E-state index is 14.2. The van der Waals surface area contributed by atoms with Gasteiger partial charge in [-0.05, 0) is 68.7 Å². The number of ether oxygens (including phenoxy) is 2. The molecule has 0 spiro atoms. The standard InChI is InChI=1S/C38H46N6O6/c1-25-19-27(20-26(2)36(25)50-24-45)21-28(37(47)43-15-13-41(14-16-43)29-9-17-49-18-10-29)22-34(46)42-11-7-30(8-12-42)44-33-23-39-32-6-4-3-5-31(32)35(33)40-38(44)48/h3-6,19-20,23-24,28-30H,7-18,21-22H2,1-2H3,(H,40,48)/t28-/m0/s1.